The van der Waals surface area contributed by atoms with Gasteiger partial charge in [0.05, 0.1) is 6.61 Å². The monoisotopic (exact) mass is 342 g/mol. The molecule has 3 rings (SSSR count). The maximum Gasteiger partial charge on any atom is 0.277 e. The molecule has 6 nitrogen and oxygen atoms in total. The van der Waals surface area contributed by atoms with E-state index in [4.69, 9.17) is 4.74 Å². The van der Waals surface area contributed by atoms with Gasteiger partial charge in [0.2, 0.25) is 0 Å². The first kappa shape index (κ1) is 17.5. The summed E-state index contributed by atoms with van der Waals surface area (Å²) in [6, 6.07) is 5.43. The van der Waals surface area contributed by atoms with Crippen LogP contribution >= 0.6 is 0 Å². The highest BCUT2D eigenvalue weighted by atomic mass is 16.5. The molecule has 0 aliphatic heterocycles. The first-order valence-corrected chi connectivity index (χ1v) is 9.08. The molecule has 25 heavy (non-hydrogen) atoms. The molecular formula is C19H26N4O2. The van der Waals surface area contributed by atoms with Gasteiger partial charge in [0.25, 0.3) is 5.91 Å². The SMILES string of the molecule is CC(C)c1cc(C(=O)Nc2ncccc2OCC2CCCCC2)n[nH]1. The highest BCUT2D eigenvalue weighted by Gasteiger charge is 2.17. The van der Waals surface area contributed by atoms with Gasteiger partial charge in [-0.15, -0.1) is 0 Å². The van der Waals surface area contributed by atoms with Gasteiger partial charge in [-0.3, -0.25) is 9.89 Å². The molecule has 2 N–H and O–H groups in total. The number of amides is 1. The molecule has 134 valence electrons. The number of pyridine rings is 1. The number of carbonyl (C=O) groups is 1. The first-order chi connectivity index (χ1) is 12.1. The summed E-state index contributed by atoms with van der Waals surface area (Å²) in [5.74, 6) is 1.65. The Hall–Kier alpha value is -2.37. The minimum Gasteiger partial charge on any atom is -0.489 e. The lowest BCUT2D eigenvalue weighted by molar-refractivity contribution is 0.102. The van der Waals surface area contributed by atoms with Crippen molar-refractivity contribution >= 4 is 11.7 Å². The second-order valence-electron chi connectivity index (χ2n) is 6.98. The second-order valence-corrected chi connectivity index (χ2v) is 6.98. The van der Waals surface area contributed by atoms with Crippen LogP contribution in [0.3, 0.4) is 0 Å². The predicted molar refractivity (Wildman–Crippen MR) is 96.9 cm³/mol. The summed E-state index contributed by atoms with van der Waals surface area (Å²) in [5, 5.41) is 9.78. The van der Waals surface area contributed by atoms with E-state index in [0.29, 0.717) is 35.7 Å². The van der Waals surface area contributed by atoms with Gasteiger partial charge < -0.3 is 10.1 Å². The average molecular weight is 342 g/mol. The average Bonchev–Trinajstić information content (AvgIpc) is 3.12. The van der Waals surface area contributed by atoms with Gasteiger partial charge in [-0.1, -0.05) is 33.1 Å². The van der Waals surface area contributed by atoms with Gasteiger partial charge in [-0.05, 0) is 42.9 Å². The number of carbonyl (C=O) groups excluding carboxylic acids is 1. The Bertz CT molecular complexity index is 705. The van der Waals surface area contributed by atoms with E-state index in [1.54, 1.807) is 12.3 Å². The number of anilines is 1. The zero-order valence-electron chi connectivity index (χ0n) is 14.9. The summed E-state index contributed by atoms with van der Waals surface area (Å²) in [6.45, 7) is 4.77. The number of nitrogens with zero attached hydrogens (tertiary/aromatic N) is 2. The molecule has 0 unspecified atom stereocenters. The topological polar surface area (TPSA) is 79.9 Å². The summed E-state index contributed by atoms with van der Waals surface area (Å²) >= 11 is 0. The fourth-order valence-corrected chi connectivity index (χ4v) is 3.08. The smallest absolute Gasteiger partial charge is 0.277 e. The zero-order chi connectivity index (χ0) is 17.6. The Morgan fingerprint density at radius 3 is 2.88 bits per heavy atom. The van der Waals surface area contributed by atoms with Crippen LogP contribution in [0.5, 0.6) is 5.75 Å². The number of ether oxygens (including phenoxy) is 1. The van der Waals surface area contributed by atoms with Gasteiger partial charge in [0, 0.05) is 11.9 Å². The number of rotatable bonds is 6. The summed E-state index contributed by atoms with van der Waals surface area (Å²) in [5.41, 5.74) is 1.28. The molecule has 0 saturated heterocycles. The Labute approximate surface area is 148 Å². The largest absolute Gasteiger partial charge is 0.489 e. The zero-order valence-corrected chi connectivity index (χ0v) is 14.9. The molecule has 0 atom stereocenters. The van der Waals surface area contributed by atoms with Crippen LogP contribution in [-0.2, 0) is 0 Å². The Kier molecular flexibility index (Phi) is 5.68. The number of nitrogens with one attached hydrogen (secondary N) is 2. The van der Waals surface area contributed by atoms with E-state index in [-0.39, 0.29) is 5.91 Å². The molecule has 2 heterocycles. The second kappa shape index (κ2) is 8.14. The molecule has 1 fully saturated rings. The molecule has 1 amide bonds. The number of hydrogen-bond acceptors (Lipinski definition) is 4. The van der Waals surface area contributed by atoms with Crippen molar-refractivity contribution < 1.29 is 9.53 Å². The minimum absolute atomic E-state index is 0.288. The molecule has 0 bridgehead atoms. The van der Waals surface area contributed by atoms with Crippen molar-refractivity contribution in [1.29, 1.82) is 0 Å². The molecule has 0 spiro atoms. The van der Waals surface area contributed by atoms with Gasteiger partial charge >= 0.3 is 0 Å². The fourth-order valence-electron chi connectivity index (χ4n) is 3.08. The molecule has 1 saturated carbocycles. The molecule has 1 aliphatic rings. The van der Waals surface area contributed by atoms with Gasteiger partial charge in [0.1, 0.15) is 0 Å². The van der Waals surface area contributed by atoms with Crippen molar-refractivity contribution in [2.75, 3.05) is 11.9 Å². The third-order valence-corrected chi connectivity index (χ3v) is 4.65. The number of hydrogen-bond donors (Lipinski definition) is 2. The normalized spacial score (nSPS) is 15.3. The van der Waals surface area contributed by atoms with Crippen LogP contribution in [0.2, 0.25) is 0 Å². The number of aromatic amines is 1. The third kappa shape index (κ3) is 4.59. The van der Waals surface area contributed by atoms with Crippen LogP contribution in [0, 0.1) is 5.92 Å². The van der Waals surface area contributed by atoms with E-state index >= 15 is 0 Å². The lowest BCUT2D eigenvalue weighted by Gasteiger charge is -2.22. The lowest BCUT2D eigenvalue weighted by atomic mass is 9.90. The Morgan fingerprint density at radius 1 is 1.36 bits per heavy atom. The Morgan fingerprint density at radius 2 is 2.16 bits per heavy atom. The lowest BCUT2D eigenvalue weighted by Crippen LogP contribution is -2.18. The van der Waals surface area contributed by atoms with Crippen molar-refractivity contribution in [2.45, 2.75) is 51.9 Å². The van der Waals surface area contributed by atoms with Crippen molar-refractivity contribution in [3.05, 3.63) is 35.8 Å². The molecular weight excluding hydrogens is 316 g/mol. The quantitative estimate of drug-likeness (QED) is 0.827. The van der Waals surface area contributed by atoms with Crippen LogP contribution in [-0.4, -0.2) is 27.7 Å². The van der Waals surface area contributed by atoms with Crippen LogP contribution < -0.4 is 10.1 Å². The van der Waals surface area contributed by atoms with Gasteiger partial charge in [-0.25, -0.2) is 4.98 Å². The highest BCUT2D eigenvalue weighted by molar-refractivity contribution is 6.03. The maximum atomic E-state index is 12.4. The highest BCUT2D eigenvalue weighted by Crippen LogP contribution is 2.27. The standard InChI is InChI=1S/C19H26N4O2/c1-13(2)15-11-16(23-22-15)19(24)21-18-17(9-6-10-20-18)25-12-14-7-4-3-5-8-14/h6,9-11,13-14H,3-5,7-8,12H2,1-2H3,(H,22,23)(H,20,21,24). The van der Waals surface area contributed by atoms with Crippen LogP contribution in [0.15, 0.2) is 24.4 Å². The van der Waals surface area contributed by atoms with Crippen molar-refractivity contribution in [2.24, 2.45) is 5.92 Å². The van der Waals surface area contributed by atoms with Crippen molar-refractivity contribution in [1.82, 2.24) is 15.2 Å². The van der Waals surface area contributed by atoms with E-state index in [9.17, 15) is 4.79 Å². The van der Waals surface area contributed by atoms with Crippen molar-refractivity contribution in [3.63, 3.8) is 0 Å². The molecule has 0 aromatic carbocycles. The molecule has 6 heteroatoms. The summed E-state index contributed by atoms with van der Waals surface area (Å²) in [4.78, 5) is 16.7. The van der Waals surface area contributed by atoms with Crippen LogP contribution in [0.25, 0.3) is 0 Å². The van der Waals surface area contributed by atoms with E-state index in [0.717, 1.165) is 5.69 Å². The third-order valence-electron chi connectivity index (χ3n) is 4.65. The van der Waals surface area contributed by atoms with Gasteiger partial charge in [-0.2, -0.15) is 5.10 Å². The fraction of sp³-hybridized carbons (Fsp3) is 0.526. The number of aromatic nitrogens is 3. The van der Waals surface area contributed by atoms with E-state index in [1.165, 1.54) is 32.1 Å². The summed E-state index contributed by atoms with van der Waals surface area (Å²) in [7, 11) is 0. The predicted octanol–water partition coefficient (Wildman–Crippen LogP) is 4.14. The molecule has 0 radical (unpaired) electrons. The minimum atomic E-state index is -0.288. The maximum absolute atomic E-state index is 12.4. The van der Waals surface area contributed by atoms with E-state index < -0.39 is 0 Å². The molecule has 2 aromatic rings. The first-order valence-electron chi connectivity index (χ1n) is 9.08. The number of H-pyrrole nitrogens is 1. The van der Waals surface area contributed by atoms with Gasteiger partial charge in [0.15, 0.2) is 17.3 Å². The van der Waals surface area contributed by atoms with Crippen LogP contribution in [0.1, 0.15) is 68.1 Å². The van der Waals surface area contributed by atoms with E-state index in [1.807, 2.05) is 26.0 Å². The summed E-state index contributed by atoms with van der Waals surface area (Å²) in [6.07, 6.45) is 7.96. The molecule has 1 aliphatic carbocycles. The van der Waals surface area contributed by atoms with E-state index in [2.05, 4.69) is 20.5 Å². The molecule has 2 aromatic heterocycles. The summed E-state index contributed by atoms with van der Waals surface area (Å²) < 4.78 is 5.95. The van der Waals surface area contributed by atoms with Crippen LogP contribution in [0.4, 0.5) is 5.82 Å². The Balaban J connectivity index is 1.64. The van der Waals surface area contributed by atoms with Crippen molar-refractivity contribution in [3.8, 4) is 5.75 Å².